The molecule has 2 aliphatic heterocycles. The van der Waals surface area contributed by atoms with Crippen molar-refractivity contribution in [1.82, 2.24) is 10.2 Å². The quantitative estimate of drug-likeness (QED) is 0.841. The monoisotopic (exact) mass is 302 g/mol. The van der Waals surface area contributed by atoms with Gasteiger partial charge < -0.3 is 5.32 Å². The van der Waals surface area contributed by atoms with E-state index in [0.717, 1.165) is 6.54 Å². The third-order valence-electron chi connectivity index (χ3n) is 4.95. The Morgan fingerprint density at radius 2 is 1.70 bits per heavy atom. The molecule has 1 N–H and O–H groups in total. The van der Waals surface area contributed by atoms with Crippen LogP contribution in [0.4, 0.5) is 0 Å². The largest absolute Gasteiger partial charge is 0.311 e. The summed E-state index contributed by atoms with van der Waals surface area (Å²) in [5.74, 6) is 0.281. The van der Waals surface area contributed by atoms with Gasteiger partial charge in [-0.25, -0.2) is 8.42 Å². The van der Waals surface area contributed by atoms with E-state index in [0.29, 0.717) is 24.7 Å². The van der Waals surface area contributed by atoms with Crippen LogP contribution in [0.3, 0.4) is 0 Å². The van der Waals surface area contributed by atoms with E-state index in [2.05, 4.69) is 17.1 Å². The molecule has 0 spiro atoms. The van der Waals surface area contributed by atoms with E-state index >= 15 is 0 Å². The maximum absolute atomic E-state index is 12.3. The molecule has 0 aromatic heterocycles. The summed E-state index contributed by atoms with van der Waals surface area (Å²) < 4.78 is 23.9. The Kier molecular flexibility index (Phi) is 4.82. The number of nitrogens with one attached hydrogen (secondary N) is 1. The SMILES string of the molecule is CCN(CCS(=O)(=O)C(C)(C)C)C1CC2CCC(C1)N2. The summed E-state index contributed by atoms with van der Waals surface area (Å²) >= 11 is 0. The van der Waals surface area contributed by atoms with Crippen molar-refractivity contribution in [3.05, 3.63) is 0 Å². The number of rotatable bonds is 5. The molecular formula is C15H30N2O2S. The van der Waals surface area contributed by atoms with E-state index in [1.54, 1.807) is 20.8 Å². The summed E-state index contributed by atoms with van der Waals surface area (Å²) in [5, 5.41) is 3.65. The van der Waals surface area contributed by atoms with Crippen molar-refractivity contribution in [3.8, 4) is 0 Å². The fourth-order valence-electron chi connectivity index (χ4n) is 3.47. The summed E-state index contributed by atoms with van der Waals surface area (Å²) in [4.78, 5) is 2.38. The van der Waals surface area contributed by atoms with E-state index < -0.39 is 14.6 Å². The third kappa shape index (κ3) is 3.55. The lowest BCUT2D eigenvalue weighted by Crippen LogP contribution is -2.49. The average molecular weight is 302 g/mol. The molecule has 2 atom stereocenters. The molecule has 118 valence electrons. The van der Waals surface area contributed by atoms with Crippen LogP contribution in [0.2, 0.25) is 0 Å². The van der Waals surface area contributed by atoms with Crippen LogP contribution >= 0.6 is 0 Å². The Hall–Kier alpha value is -0.130. The molecule has 2 heterocycles. The van der Waals surface area contributed by atoms with Gasteiger partial charge in [0.05, 0.1) is 10.5 Å². The number of hydrogen-bond donors (Lipinski definition) is 1. The average Bonchev–Trinajstić information content (AvgIpc) is 2.68. The first kappa shape index (κ1) is 16.2. The van der Waals surface area contributed by atoms with Crippen molar-refractivity contribution >= 4 is 9.84 Å². The first-order chi connectivity index (χ1) is 9.23. The Labute approximate surface area is 124 Å². The minimum absolute atomic E-state index is 0.281. The summed E-state index contributed by atoms with van der Waals surface area (Å²) in [7, 11) is -3.01. The second-order valence-electron chi connectivity index (χ2n) is 7.32. The fraction of sp³-hybridized carbons (Fsp3) is 1.00. The topological polar surface area (TPSA) is 49.4 Å². The molecule has 4 nitrogen and oxygen atoms in total. The first-order valence-electron chi connectivity index (χ1n) is 7.95. The maximum Gasteiger partial charge on any atom is 0.156 e. The van der Waals surface area contributed by atoms with Crippen molar-refractivity contribution in [2.45, 2.75) is 76.3 Å². The van der Waals surface area contributed by atoms with Gasteiger partial charge in [0.25, 0.3) is 0 Å². The van der Waals surface area contributed by atoms with Crippen molar-refractivity contribution in [2.75, 3.05) is 18.8 Å². The molecule has 0 radical (unpaired) electrons. The van der Waals surface area contributed by atoms with Gasteiger partial charge in [-0.2, -0.15) is 0 Å². The number of nitrogens with zero attached hydrogens (tertiary/aromatic N) is 1. The smallest absolute Gasteiger partial charge is 0.156 e. The Morgan fingerprint density at radius 1 is 1.15 bits per heavy atom. The van der Waals surface area contributed by atoms with Crippen LogP contribution in [0.15, 0.2) is 0 Å². The summed E-state index contributed by atoms with van der Waals surface area (Å²) in [6.45, 7) is 9.16. The van der Waals surface area contributed by atoms with E-state index in [4.69, 9.17) is 0 Å². The number of hydrogen-bond acceptors (Lipinski definition) is 4. The highest BCUT2D eigenvalue weighted by molar-refractivity contribution is 7.92. The van der Waals surface area contributed by atoms with Crippen LogP contribution in [-0.4, -0.2) is 55.0 Å². The van der Waals surface area contributed by atoms with Gasteiger partial charge in [-0.3, -0.25) is 4.90 Å². The standard InChI is InChI=1S/C15H30N2O2S/c1-5-17(8-9-20(18,19)15(2,3)4)14-10-12-6-7-13(11-14)16-12/h12-14,16H,5-11H2,1-4H3. The van der Waals surface area contributed by atoms with E-state index in [1.165, 1.54) is 25.7 Å². The third-order valence-corrected chi connectivity index (χ3v) is 7.54. The van der Waals surface area contributed by atoms with Crippen molar-refractivity contribution in [1.29, 1.82) is 0 Å². The molecule has 5 heteroatoms. The van der Waals surface area contributed by atoms with E-state index in [1.807, 2.05) is 0 Å². The van der Waals surface area contributed by atoms with Gasteiger partial charge in [-0.05, 0) is 53.0 Å². The molecule has 2 fully saturated rings. The molecule has 2 unspecified atom stereocenters. The highest BCUT2D eigenvalue weighted by Gasteiger charge is 2.36. The molecule has 0 aromatic rings. The van der Waals surface area contributed by atoms with Crippen molar-refractivity contribution in [2.24, 2.45) is 0 Å². The fourth-order valence-corrected chi connectivity index (χ4v) is 4.56. The predicted molar refractivity (Wildman–Crippen MR) is 83.8 cm³/mol. The van der Waals surface area contributed by atoms with Gasteiger partial charge in [0.15, 0.2) is 9.84 Å². The minimum Gasteiger partial charge on any atom is -0.311 e. The van der Waals surface area contributed by atoms with Crippen LogP contribution < -0.4 is 5.32 Å². The molecular weight excluding hydrogens is 272 g/mol. The first-order valence-corrected chi connectivity index (χ1v) is 9.60. The Morgan fingerprint density at radius 3 is 2.15 bits per heavy atom. The van der Waals surface area contributed by atoms with Crippen molar-refractivity contribution < 1.29 is 8.42 Å². The molecule has 0 aliphatic carbocycles. The zero-order chi connectivity index (χ0) is 15.0. The van der Waals surface area contributed by atoms with Gasteiger partial charge >= 0.3 is 0 Å². The molecule has 2 rings (SSSR count). The highest BCUT2D eigenvalue weighted by atomic mass is 32.2. The lowest BCUT2D eigenvalue weighted by Gasteiger charge is -2.37. The second-order valence-corrected chi connectivity index (χ2v) is 10.2. The Bertz CT molecular complexity index is 416. The normalized spacial score (nSPS) is 30.9. The lowest BCUT2D eigenvalue weighted by molar-refractivity contribution is 0.155. The van der Waals surface area contributed by atoms with Crippen LogP contribution in [0.5, 0.6) is 0 Å². The van der Waals surface area contributed by atoms with Crippen LogP contribution in [0, 0.1) is 0 Å². The second kappa shape index (κ2) is 5.93. The van der Waals surface area contributed by atoms with Gasteiger partial charge in [0, 0.05) is 24.7 Å². The molecule has 0 saturated carbocycles. The van der Waals surface area contributed by atoms with Gasteiger partial charge in [-0.1, -0.05) is 6.92 Å². The van der Waals surface area contributed by atoms with Crippen LogP contribution in [0.1, 0.15) is 53.4 Å². The molecule has 0 amide bonds. The van der Waals surface area contributed by atoms with Crippen molar-refractivity contribution in [3.63, 3.8) is 0 Å². The lowest BCUT2D eigenvalue weighted by atomic mass is 9.98. The minimum atomic E-state index is -3.01. The summed E-state index contributed by atoms with van der Waals surface area (Å²) in [6.07, 6.45) is 4.94. The molecule has 2 bridgehead atoms. The van der Waals surface area contributed by atoms with Crippen LogP contribution in [-0.2, 0) is 9.84 Å². The highest BCUT2D eigenvalue weighted by Crippen LogP contribution is 2.29. The van der Waals surface area contributed by atoms with Gasteiger partial charge in [-0.15, -0.1) is 0 Å². The van der Waals surface area contributed by atoms with Crippen LogP contribution in [0.25, 0.3) is 0 Å². The number of fused-ring (bicyclic) bond motifs is 2. The van der Waals surface area contributed by atoms with E-state index in [-0.39, 0.29) is 5.75 Å². The number of piperidine rings is 1. The van der Waals surface area contributed by atoms with Gasteiger partial charge in [0.2, 0.25) is 0 Å². The molecule has 20 heavy (non-hydrogen) atoms. The zero-order valence-corrected chi connectivity index (χ0v) is 14.2. The number of sulfone groups is 1. The summed E-state index contributed by atoms with van der Waals surface area (Å²) in [6, 6.07) is 1.88. The molecule has 0 aromatic carbocycles. The van der Waals surface area contributed by atoms with E-state index in [9.17, 15) is 8.42 Å². The zero-order valence-electron chi connectivity index (χ0n) is 13.4. The predicted octanol–water partition coefficient (Wildman–Crippen LogP) is 1.80. The Balaban J connectivity index is 1.93. The summed E-state index contributed by atoms with van der Waals surface area (Å²) in [5.41, 5.74) is 0. The maximum atomic E-state index is 12.3. The molecule has 2 aliphatic rings. The molecule has 2 saturated heterocycles. The van der Waals surface area contributed by atoms with Gasteiger partial charge in [0.1, 0.15) is 0 Å².